The number of hydrogen-bond donors (Lipinski definition) is 3. The van der Waals surface area contributed by atoms with Crippen LogP contribution in [-0.4, -0.2) is 39.7 Å². The number of primary amides is 1. The van der Waals surface area contributed by atoms with E-state index in [1.807, 2.05) is 34.6 Å². The monoisotopic (exact) mass is 290 g/mol. The van der Waals surface area contributed by atoms with Crippen molar-refractivity contribution in [2.45, 2.75) is 76.8 Å². The highest BCUT2D eigenvalue weighted by Crippen LogP contribution is 2.19. The van der Waals surface area contributed by atoms with Crippen molar-refractivity contribution in [2.24, 2.45) is 5.73 Å². The topological polar surface area (TPSA) is 75.3 Å². The Hall–Kier alpha value is -0.260. The van der Waals surface area contributed by atoms with Gasteiger partial charge < -0.3 is 16.2 Å². The summed E-state index contributed by atoms with van der Waals surface area (Å²) in [5.74, 6) is 0.717. The summed E-state index contributed by atoms with van der Waals surface area (Å²) >= 11 is 1.77. The van der Waals surface area contributed by atoms with Crippen molar-refractivity contribution >= 4 is 17.7 Å². The predicted molar refractivity (Wildman–Crippen MR) is 83.3 cm³/mol. The van der Waals surface area contributed by atoms with Crippen LogP contribution >= 0.6 is 11.8 Å². The second-order valence-electron chi connectivity index (χ2n) is 5.77. The van der Waals surface area contributed by atoms with Gasteiger partial charge in [-0.15, -0.1) is 0 Å². The minimum atomic E-state index is -0.616. The first-order valence-electron chi connectivity index (χ1n) is 7.06. The lowest BCUT2D eigenvalue weighted by Crippen LogP contribution is -2.55. The highest BCUT2D eigenvalue weighted by Gasteiger charge is 2.30. The van der Waals surface area contributed by atoms with E-state index in [2.05, 4.69) is 5.32 Å². The maximum atomic E-state index is 11.5. The van der Waals surface area contributed by atoms with E-state index in [4.69, 9.17) is 5.73 Å². The van der Waals surface area contributed by atoms with Crippen molar-refractivity contribution in [3.05, 3.63) is 0 Å². The van der Waals surface area contributed by atoms with Crippen LogP contribution in [0.1, 0.15) is 53.9 Å². The molecule has 1 amide bonds. The van der Waals surface area contributed by atoms with Crippen molar-refractivity contribution in [3.63, 3.8) is 0 Å². The lowest BCUT2D eigenvalue weighted by Gasteiger charge is -2.30. The molecule has 0 radical (unpaired) electrons. The SMILES string of the molecule is CC(C)NC(C)(CCCCSC(C)C(C)O)C(N)=O. The molecule has 5 heteroatoms. The number of amides is 1. The average molecular weight is 290 g/mol. The Kier molecular flexibility index (Phi) is 8.70. The molecule has 0 bridgehead atoms. The Morgan fingerprint density at radius 3 is 2.32 bits per heavy atom. The van der Waals surface area contributed by atoms with E-state index in [9.17, 15) is 9.90 Å². The quantitative estimate of drug-likeness (QED) is 0.537. The van der Waals surface area contributed by atoms with E-state index < -0.39 is 5.54 Å². The Morgan fingerprint density at radius 1 is 1.32 bits per heavy atom. The summed E-state index contributed by atoms with van der Waals surface area (Å²) in [6.45, 7) is 9.75. The molecule has 0 aliphatic carbocycles. The van der Waals surface area contributed by atoms with Gasteiger partial charge in [-0.1, -0.05) is 13.3 Å². The number of nitrogens with one attached hydrogen (secondary N) is 1. The van der Waals surface area contributed by atoms with Gasteiger partial charge in [-0.25, -0.2) is 0 Å². The molecule has 0 saturated heterocycles. The van der Waals surface area contributed by atoms with Gasteiger partial charge in [0.1, 0.15) is 0 Å². The second-order valence-corrected chi connectivity index (χ2v) is 7.25. The van der Waals surface area contributed by atoms with Crippen LogP contribution in [0.5, 0.6) is 0 Å². The molecule has 114 valence electrons. The molecule has 0 aromatic carbocycles. The van der Waals surface area contributed by atoms with E-state index in [0.29, 0.717) is 0 Å². The molecule has 0 aromatic heterocycles. The zero-order chi connectivity index (χ0) is 15.1. The molecule has 0 aliphatic rings. The molecular weight excluding hydrogens is 260 g/mol. The zero-order valence-electron chi connectivity index (χ0n) is 12.9. The van der Waals surface area contributed by atoms with Gasteiger partial charge in [-0.3, -0.25) is 4.79 Å². The summed E-state index contributed by atoms with van der Waals surface area (Å²) in [5.41, 5.74) is 4.87. The van der Waals surface area contributed by atoms with Crippen LogP contribution in [0, 0.1) is 0 Å². The summed E-state index contributed by atoms with van der Waals surface area (Å²) in [5, 5.41) is 12.9. The number of carbonyl (C=O) groups excluding carboxylic acids is 1. The summed E-state index contributed by atoms with van der Waals surface area (Å²) < 4.78 is 0. The second kappa shape index (κ2) is 8.82. The summed E-state index contributed by atoms with van der Waals surface area (Å²) in [4.78, 5) is 11.5. The number of unbranched alkanes of at least 4 members (excludes halogenated alkanes) is 1. The molecule has 0 aliphatic heterocycles. The van der Waals surface area contributed by atoms with Crippen molar-refractivity contribution in [2.75, 3.05) is 5.75 Å². The van der Waals surface area contributed by atoms with Gasteiger partial charge in [0.2, 0.25) is 5.91 Å². The first-order chi connectivity index (χ1) is 8.69. The van der Waals surface area contributed by atoms with E-state index in [-0.39, 0.29) is 23.3 Å². The summed E-state index contributed by atoms with van der Waals surface area (Å²) in [7, 11) is 0. The van der Waals surface area contributed by atoms with Gasteiger partial charge in [-0.2, -0.15) is 11.8 Å². The van der Waals surface area contributed by atoms with Crippen LogP contribution in [0.15, 0.2) is 0 Å². The van der Waals surface area contributed by atoms with E-state index in [0.717, 1.165) is 25.0 Å². The van der Waals surface area contributed by atoms with Crippen LogP contribution in [0.2, 0.25) is 0 Å². The van der Waals surface area contributed by atoms with Crippen LogP contribution in [0.25, 0.3) is 0 Å². The minimum absolute atomic E-state index is 0.238. The molecule has 3 atom stereocenters. The maximum Gasteiger partial charge on any atom is 0.237 e. The lowest BCUT2D eigenvalue weighted by atomic mass is 9.93. The largest absolute Gasteiger partial charge is 0.392 e. The third-order valence-electron chi connectivity index (χ3n) is 3.28. The molecule has 4 N–H and O–H groups in total. The molecule has 19 heavy (non-hydrogen) atoms. The predicted octanol–water partition coefficient (Wildman–Crippen LogP) is 1.90. The van der Waals surface area contributed by atoms with Gasteiger partial charge in [0.15, 0.2) is 0 Å². The first-order valence-corrected chi connectivity index (χ1v) is 8.11. The molecule has 0 aromatic rings. The van der Waals surface area contributed by atoms with Gasteiger partial charge in [0.25, 0.3) is 0 Å². The van der Waals surface area contributed by atoms with Gasteiger partial charge >= 0.3 is 0 Å². The van der Waals surface area contributed by atoms with E-state index in [1.165, 1.54) is 0 Å². The lowest BCUT2D eigenvalue weighted by molar-refractivity contribution is -0.124. The summed E-state index contributed by atoms with van der Waals surface area (Å²) in [6.07, 6.45) is 2.47. The number of carbonyl (C=O) groups is 1. The Bertz CT molecular complexity index is 272. The molecular formula is C14H30N2O2S. The van der Waals surface area contributed by atoms with Crippen molar-refractivity contribution in [1.29, 1.82) is 0 Å². The third kappa shape index (κ3) is 7.80. The minimum Gasteiger partial charge on any atom is -0.392 e. The number of aliphatic hydroxyl groups excluding tert-OH is 1. The standard InChI is InChI=1S/C14H30N2O2S/c1-10(2)16-14(5,13(15)18)8-6-7-9-19-12(4)11(3)17/h10-12,16-17H,6-9H2,1-5H3,(H2,15,18). The number of rotatable bonds is 10. The highest BCUT2D eigenvalue weighted by molar-refractivity contribution is 7.99. The van der Waals surface area contributed by atoms with Gasteiger partial charge in [-0.05, 0) is 46.3 Å². The maximum absolute atomic E-state index is 11.5. The zero-order valence-corrected chi connectivity index (χ0v) is 13.7. The summed E-state index contributed by atoms with van der Waals surface area (Å²) in [6, 6.07) is 0.238. The van der Waals surface area contributed by atoms with Crippen LogP contribution in [0.3, 0.4) is 0 Å². The average Bonchev–Trinajstić information content (AvgIpc) is 2.26. The smallest absolute Gasteiger partial charge is 0.237 e. The molecule has 0 heterocycles. The van der Waals surface area contributed by atoms with Crippen LogP contribution < -0.4 is 11.1 Å². The fraction of sp³-hybridized carbons (Fsp3) is 0.929. The van der Waals surface area contributed by atoms with Crippen LogP contribution in [-0.2, 0) is 4.79 Å². The number of aliphatic hydroxyl groups is 1. The van der Waals surface area contributed by atoms with Crippen molar-refractivity contribution in [3.8, 4) is 0 Å². The third-order valence-corrected chi connectivity index (χ3v) is 4.73. The Balaban J connectivity index is 3.98. The van der Waals surface area contributed by atoms with E-state index in [1.54, 1.807) is 11.8 Å². The Morgan fingerprint density at radius 2 is 1.89 bits per heavy atom. The number of thioether (sulfide) groups is 1. The number of hydrogen-bond acceptors (Lipinski definition) is 4. The van der Waals surface area contributed by atoms with Gasteiger partial charge in [0, 0.05) is 11.3 Å². The van der Waals surface area contributed by atoms with Crippen molar-refractivity contribution < 1.29 is 9.90 Å². The molecule has 0 spiro atoms. The molecule has 3 unspecified atom stereocenters. The van der Waals surface area contributed by atoms with Crippen molar-refractivity contribution in [1.82, 2.24) is 5.32 Å². The molecule has 0 rings (SSSR count). The molecule has 4 nitrogen and oxygen atoms in total. The fourth-order valence-electron chi connectivity index (χ4n) is 1.89. The van der Waals surface area contributed by atoms with E-state index >= 15 is 0 Å². The fourth-order valence-corrected chi connectivity index (χ4v) is 2.91. The molecule has 0 fully saturated rings. The normalized spacial score (nSPS) is 18.1. The first kappa shape index (κ1) is 18.7. The van der Waals surface area contributed by atoms with Gasteiger partial charge in [0.05, 0.1) is 11.6 Å². The van der Waals surface area contributed by atoms with Crippen LogP contribution in [0.4, 0.5) is 0 Å². The Labute approximate surface area is 121 Å². The number of nitrogens with two attached hydrogens (primary N) is 1. The molecule has 0 saturated carbocycles. The highest BCUT2D eigenvalue weighted by atomic mass is 32.2.